The lowest BCUT2D eigenvalue weighted by Crippen LogP contribution is -2.66. The molecule has 1 N–H and O–H groups in total. The van der Waals surface area contributed by atoms with Crippen molar-refractivity contribution in [2.24, 2.45) is 11.8 Å². The number of halogens is 1. The minimum Gasteiger partial charge on any atom is -0.481 e. The number of rotatable bonds is 12. The molecule has 7 heteroatoms. The first-order chi connectivity index (χ1) is 18.5. The van der Waals surface area contributed by atoms with Gasteiger partial charge in [-0.05, 0) is 75.5 Å². The summed E-state index contributed by atoms with van der Waals surface area (Å²) in [6.07, 6.45) is 4.08. The normalized spacial score (nSPS) is 18.6. The van der Waals surface area contributed by atoms with Crippen molar-refractivity contribution in [3.8, 4) is 0 Å². The minimum atomic E-state index is -2.69. The molecule has 0 saturated heterocycles. The van der Waals surface area contributed by atoms with Crippen molar-refractivity contribution in [1.82, 2.24) is 5.16 Å². The summed E-state index contributed by atoms with van der Waals surface area (Å²) in [5.41, 5.74) is 0.770. The van der Waals surface area contributed by atoms with Gasteiger partial charge in [-0.15, -0.1) is 0 Å². The molecular weight excluding hydrogens is 617 g/mol. The molecule has 0 spiro atoms. The predicted molar refractivity (Wildman–Crippen MR) is 167 cm³/mol. The second-order valence-electron chi connectivity index (χ2n) is 12.5. The second kappa shape index (κ2) is 12.7. The zero-order valence-corrected chi connectivity index (χ0v) is 27.0. The van der Waals surface area contributed by atoms with Gasteiger partial charge in [0.15, 0.2) is 5.76 Å². The summed E-state index contributed by atoms with van der Waals surface area (Å²) in [6, 6.07) is 21.1. The molecule has 39 heavy (non-hydrogen) atoms. The summed E-state index contributed by atoms with van der Waals surface area (Å²) in [7, 11) is -2.69. The average Bonchev–Trinajstić information content (AvgIpc) is 3.23. The van der Waals surface area contributed by atoms with Gasteiger partial charge in [-0.25, -0.2) is 0 Å². The van der Waals surface area contributed by atoms with E-state index in [1.54, 1.807) is 0 Å². The molecule has 1 saturated carbocycles. The SMILES string of the molecule is CC(C)CC1CC(c2onc(C(CCO[Si](c3ccccc3)(c3ccccc3)C(C)(C)C)CC(=O)O)c2I)C1. The third kappa shape index (κ3) is 6.68. The Labute approximate surface area is 248 Å². The molecule has 1 aliphatic rings. The van der Waals surface area contributed by atoms with Gasteiger partial charge in [0.05, 0.1) is 9.99 Å². The molecule has 1 heterocycles. The van der Waals surface area contributed by atoms with E-state index >= 15 is 0 Å². The maximum atomic E-state index is 11.9. The van der Waals surface area contributed by atoms with Gasteiger partial charge in [-0.3, -0.25) is 4.79 Å². The lowest BCUT2D eigenvalue weighted by Gasteiger charge is -2.43. The van der Waals surface area contributed by atoms with Gasteiger partial charge in [0.1, 0.15) is 5.69 Å². The van der Waals surface area contributed by atoms with Crippen molar-refractivity contribution in [2.45, 2.75) is 83.6 Å². The van der Waals surface area contributed by atoms with Gasteiger partial charge < -0.3 is 14.1 Å². The molecule has 1 fully saturated rings. The molecule has 1 atom stereocenters. The fraction of sp³-hybridized carbons (Fsp3) is 0.500. The predicted octanol–water partition coefficient (Wildman–Crippen LogP) is 7.34. The van der Waals surface area contributed by atoms with Crippen molar-refractivity contribution in [3.05, 3.63) is 75.7 Å². The quantitative estimate of drug-likeness (QED) is 0.163. The van der Waals surface area contributed by atoms with Crippen LogP contribution in [0.15, 0.2) is 65.2 Å². The van der Waals surface area contributed by atoms with E-state index in [1.165, 1.54) is 16.8 Å². The highest BCUT2D eigenvalue weighted by Crippen LogP contribution is 2.47. The topological polar surface area (TPSA) is 72.6 Å². The van der Waals surface area contributed by atoms with Crippen LogP contribution in [0.4, 0.5) is 0 Å². The summed E-state index contributed by atoms with van der Waals surface area (Å²) in [6.45, 7) is 11.8. The molecule has 0 amide bonds. The van der Waals surface area contributed by atoms with Crippen LogP contribution >= 0.6 is 22.6 Å². The number of hydrogen-bond acceptors (Lipinski definition) is 4. The highest BCUT2D eigenvalue weighted by atomic mass is 127. The van der Waals surface area contributed by atoms with Crippen LogP contribution < -0.4 is 10.4 Å². The fourth-order valence-electron chi connectivity index (χ4n) is 6.28. The molecule has 5 nitrogen and oxygen atoms in total. The number of benzene rings is 2. The van der Waals surface area contributed by atoms with Crippen molar-refractivity contribution in [2.75, 3.05) is 6.61 Å². The van der Waals surface area contributed by atoms with Crippen molar-refractivity contribution in [1.29, 1.82) is 0 Å². The number of nitrogens with zero attached hydrogens (tertiary/aromatic N) is 1. The van der Waals surface area contributed by atoms with Gasteiger partial charge in [0.25, 0.3) is 8.32 Å². The number of hydrogen-bond donors (Lipinski definition) is 1. The fourth-order valence-corrected chi connectivity index (χ4v) is 11.9. The summed E-state index contributed by atoms with van der Waals surface area (Å²) >= 11 is 2.32. The molecule has 0 radical (unpaired) electrons. The van der Waals surface area contributed by atoms with Crippen LogP contribution in [0.3, 0.4) is 0 Å². The number of carbonyl (C=O) groups is 1. The van der Waals surface area contributed by atoms with Gasteiger partial charge in [0, 0.05) is 18.4 Å². The monoisotopic (exact) mass is 659 g/mol. The Kier molecular flexibility index (Phi) is 9.76. The number of aromatic nitrogens is 1. The summed E-state index contributed by atoms with van der Waals surface area (Å²) in [5.74, 6) is 1.68. The Hall–Kier alpha value is -1.97. The van der Waals surface area contributed by atoms with Crippen LogP contribution in [0, 0.1) is 15.4 Å². The zero-order chi connectivity index (χ0) is 28.2. The Balaban J connectivity index is 1.57. The van der Waals surface area contributed by atoms with Crippen LogP contribution in [0.5, 0.6) is 0 Å². The van der Waals surface area contributed by atoms with E-state index in [1.807, 2.05) is 12.1 Å². The van der Waals surface area contributed by atoms with Crippen molar-refractivity contribution in [3.63, 3.8) is 0 Å². The van der Waals surface area contributed by atoms with E-state index in [0.29, 0.717) is 24.9 Å². The van der Waals surface area contributed by atoms with E-state index in [2.05, 4.69) is 111 Å². The van der Waals surface area contributed by atoms with E-state index < -0.39 is 14.3 Å². The third-order valence-corrected chi connectivity index (χ3v) is 14.2. The summed E-state index contributed by atoms with van der Waals surface area (Å²) in [4.78, 5) is 11.9. The first kappa shape index (κ1) is 30.0. The van der Waals surface area contributed by atoms with Crippen LogP contribution in [0.25, 0.3) is 0 Å². The molecule has 3 aromatic rings. The maximum Gasteiger partial charge on any atom is 0.304 e. The van der Waals surface area contributed by atoms with E-state index in [4.69, 9.17) is 8.95 Å². The zero-order valence-electron chi connectivity index (χ0n) is 23.8. The van der Waals surface area contributed by atoms with Crippen LogP contribution in [-0.4, -0.2) is 31.2 Å². The maximum absolute atomic E-state index is 11.9. The lowest BCUT2D eigenvalue weighted by atomic mass is 9.70. The van der Waals surface area contributed by atoms with Gasteiger partial charge in [0.2, 0.25) is 0 Å². The largest absolute Gasteiger partial charge is 0.481 e. The van der Waals surface area contributed by atoms with E-state index in [9.17, 15) is 9.90 Å². The highest BCUT2D eigenvalue weighted by Gasteiger charge is 2.50. The van der Waals surface area contributed by atoms with E-state index in [0.717, 1.165) is 33.8 Å². The van der Waals surface area contributed by atoms with Crippen LogP contribution in [-0.2, 0) is 9.22 Å². The molecule has 4 rings (SSSR count). The number of aliphatic carboxylic acids is 1. The number of carboxylic acid groups (broad SMARTS) is 1. The molecule has 210 valence electrons. The van der Waals surface area contributed by atoms with E-state index in [-0.39, 0.29) is 17.4 Å². The molecule has 0 aliphatic heterocycles. The molecule has 2 aromatic carbocycles. The van der Waals surface area contributed by atoms with Gasteiger partial charge >= 0.3 is 5.97 Å². The van der Waals surface area contributed by atoms with Crippen LogP contribution in [0.1, 0.15) is 90.0 Å². The summed E-state index contributed by atoms with van der Waals surface area (Å²) in [5, 5.41) is 16.5. The number of carboxylic acids is 1. The van der Waals surface area contributed by atoms with Crippen molar-refractivity contribution >= 4 is 47.3 Å². The Morgan fingerprint density at radius 2 is 1.64 bits per heavy atom. The first-order valence-electron chi connectivity index (χ1n) is 14.1. The smallest absolute Gasteiger partial charge is 0.304 e. The average molecular weight is 660 g/mol. The molecular formula is C32H42INO4Si. The molecule has 0 bridgehead atoms. The Morgan fingerprint density at radius 3 is 2.13 bits per heavy atom. The van der Waals surface area contributed by atoms with Crippen molar-refractivity contribution < 1.29 is 18.9 Å². The minimum absolute atomic E-state index is 0.00667. The lowest BCUT2D eigenvalue weighted by molar-refractivity contribution is -0.137. The molecule has 1 unspecified atom stereocenters. The van der Waals surface area contributed by atoms with Gasteiger partial charge in [-0.2, -0.15) is 0 Å². The standard InChI is InChI=1S/C32H42INO4Si/c1-22(2)18-23-19-25(20-23)31-29(33)30(34-38-31)24(21-28(35)36)16-17-37-39(32(3,4)5,26-12-8-6-9-13-26)27-14-10-7-11-15-27/h6-15,22-25H,16-21H2,1-5H3,(H,35,36). The molecule has 1 aliphatic carbocycles. The first-order valence-corrected chi connectivity index (χ1v) is 17.1. The highest BCUT2D eigenvalue weighted by molar-refractivity contribution is 14.1. The van der Waals surface area contributed by atoms with Gasteiger partial charge in [-0.1, -0.05) is 100 Å². The Morgan fingerprint density at radius 1 is 1.08 bits per heavy atom. The Bertz CT molecular complexity index is 1180. The van der Waals surface area contributed by atoms with Crippen LogP contribution in [0.2, 0.25) is 5.04 Å². The second-order valence-corrected chi connectivity index (χ2v) is 17.9. The summed E-state index contributed by atoms with van der Waals surface area (Å²) < 4.78 is 13.9. The molecule has 1 aromatic heterocycles. The third-order valence-electron chi connectivity index (χ3n) is 8.10.